The number of terminal acetylenes is 1. The molecule has 2 rings (SSSR count). The van der Waals surface area contributed by atoms with Crippen LogP contribution in [0.15, 0.2) is 35.3 Å². The summed E-state index contributed by atoms with van der Waals surface area (Å²) >= 11 is 0. The van der Waals surface area contributed by atoms with Crippen molar-refractivity contribution in [2.24, 2.45) is 10.9 Å². The standard InChI is InChI=1S/C18H24N4O/c1-3-10-20-18(19-2)21-13-16-12-17(23)22(14-16)11-9-15-7-5-4-6-8-15/h1,4-8,16H,9-14H2,2H3,(H2,19,20,21). The Morgan fingerprint density at radius 1 is 1.39 bits per heavy atom. The minimum Gasteiger partial charge on any atom is -0.356 e. The maximum absolute atomic E-state index is 12.1. The van der Waals surface area contributed by atoms with Crippen molar-refractivity contribution in [1.29, 1.82) is 0 Å². The zero-order chi connectivity index (χ0) is 16.5. The first-order chi connectivity index (χ1) is 11.2. The third-order valence-electron chi connectivity index (χ3n) is 3.95. The summed E-state index contributed by atoms with van der Waals surface area (Å²) in [6.45, 7) is 2.73. The summed E-state index contributed by atoms with van der Waals surface area (Å²) in [5.74, 6) is 3.73. The average molecular weight is 312 g/mol. The third kappa shape index (κ3) is 5.33. The van der Waals surface area contributed by atoms with Crippen LogP contribution in [0, 0.1) is 18.3 Å². The molecule has 0 aromatic heterocycles. The van der Waals surface area contributed by atoms with Gasteiger partial charge in [-0.25, -0.2) is 0 Å². The van der Waals surface area contributed by atoms with Crippen LogP contribution in [0.25, 0.3) is 0 Å². The van der Waals surface area contributed by atoms with E-state index in [0.717, 1.165) is 26.1 Å². The van der Waals surface area contributed by atoms with Gasteiger partial charge in [0.05, 0.1) is 6.54 Å². The molecule has 1 fully saturated rings. The van der Waals surface area contributed by atoms with Gasteiger partial charge in [0.15, 0.2) is 5.96 Å². The number of likely N-dealkylation sites (tertiary alicyclic amines) is 1. The molecular weight excluding hydrogens is 288 g/mol. The van der Waals surface area contributed by atoms with Gasteiger partial charge in [0.1, 0.15) is 0 Å². The Bertz CT molecular complexity index is 576. The molecule has 1 unspecified atom stereocenters. The molecule has 1 aromatic carbocycles. The Hall–Kier alpha value is -2.48. The number of aliphatic imine (C=N–C) groups is 1. The number of amides is 1. The quantitative estimate of drug-likeness (QED) is 0.466. The van der Waals surface area contributed by atoms with Gasteiger partial charge in [-0.1, -0.05) is 36.3 Å². The molecule has 1 amide bonds. The third-order valence-corrected chi connectivity index (χ3v) is 3.95. The lowest BCUT2D eigenvalue weighted by molar-refractivity contribution is -0.127. The van der Waals surface area contributed by atoms with Gasteiger partial charge in [0.2, 0.25) is 5.91 Å². The summed E-state index contributed by atoms with van der Waals surface area (Å²) in [4.78, 5) is 18.2. The van der Waals surface area contributed by atoms with Crippen LogP contribution >= 0.6 is 0 Å². The maximum atomic E-state index is 12.1. The van der Waals surface area contributed by atoms with E-state index in [9.17, 15) is 4.79 Å². The molecule has 23 heavy (non-hydrogen) atoms. The van der Waals surface area contributed by atoms with Crippen molar-refractivity contribution in [2.75, 3.05) is 33.2 Å². The maximum Gasteiger partial charge on any atom is 0.223 e. The predicted molar refractivity (Wildman–Crippen MR) is 93.0 cm³/mol. The van der Waals surface area contributed by atoms with E-state index in [2.05, 4.69) is 33.7 Å². The molecule has 0 spiro atoms. The molecule has 0 aliphatic carbocycles. The molecule has 1 aliphatic heterocycles. The highest BCUT2D eigenvalue weighted by Crippen LogP contribution is 2.17. The Morgan fingerprint density at radius 3 is 2.87 bits per heavy atom. The monoisotopic (exact) mass is 312 g/mol. The van der Waals surface area contributed by atoms with Crippen molar-refractivity contribution in [3.63, 3.8) is 0 Å². The molecular formula is C18H24N4O. The van der Waals surface area contributed by atoms with E-state index in [-0.39, 0.29) is 5.91 Å². The topological polar surface area (TPSA) is 56.7 Å². The molecule has 2 N–H and O–H groups in total. The number of hydrogen-bond donors (Lipinski definition) is 2. The van der Waals surface area contributed by atoms with Gasteiger partial charge in [0, 0.05) is 39.0 Å². The van der Waals surface area contributed by atoms with Gasteiger partial charge in [-0.2, -0.15) is 0 Å². The van der Waals surface area contributed by atoms with E-state index in [4.69, 9.17) is 6.42 Å². The number of nitrogens with one attached hydrogen (secondary N) is 2. The van der Waals surface area contributed by atoms with Crippen LogP contribution in [0.3, 0.4) is 0 Å². The van der Waals surface area contributed by atoms with Crippen molar-refractivity contribution >= 4 is 11.9 Å². The van der Waals surface area contributed by atoms with Gasteiger partial charge in [-0.3, -0.25) is 9.79 Å². The lowest BCUT2D eigenvalue weighted by atomic mass is 10.1. The van der Waals surface area contributed by atoms with Crippen LogP contribution in [0.4, 0.5) is 0 Å². The average Bonchev–Trinajstić information content (AvgIpc) is 2.94. The minimum absolute atomic E-state index is 0.235. The lowest BCUT2D eigenvalue weighted by Crippen LogP contribution is -2.40. The van der Waals surface area contributed by atoms with E-state index in [1.54, 1.807) is 7.05 Å². The van der Waals surface area contributed by atoms with E-state index < -0.39 is 0 Å². The van der Waals surface area contributed by atoms with Crippen molar-refractivity contribution in [1.82, 2.24) is 15.5 Å². The van der Waals surface area contributed by atoms with Crippen molar-refractivity contribution < 1.29 is 4.79 Å². The Kier molecular flexibility index (Phi) is 6.49. The normalized spacial score (nSPS) is 17.9. The number of nitrogens with zero attached hydrogens (tertiary/aromatic N) is 2. The van der Waals surface area contributed by atoms with Crippen LogP contribution < -0.4 is 10.6 Å². The zero-order valence-electron chi connectivity index (χ0n) is 13.6. The van der Waals surface area contributed by atoms with Gasteiger partial charge in [-0.05, 0) is 12.0 Å². The molecule has 0 saturated carbocycles. The van der Waals surface area contributed by atoms with Crippen LogP contribution in [0.5, 0.6) is 0 Å². The van der Waals surface area contributed by atoms with Crippen LogP contribution in [0.2, 0.25) is 0 Å². The van der Waals surface area contributed by atoms with Gasteiger partial charge in [-0.15, -0.1) is 6.42 Å². The second-order valence-corrected chi connectivity index (χ2v) is 5.66. The van der Waals surface area contributed by atoms with Crippen LogP contribution in [-0.2, 0) is 11.2 Å². The Labute approximate surface area is 138 Å². The summed E-state index contributed by atoms with van der Waals surface area (Å²) in [6.07, 6.45) is 6.71. The molecule has 0 radical (unpaired) electrons. The zero-order valence-corrected chi connectivity index (χ0v) is 13.6. The van der Waals surface area contributed by atoms with E-state index >= 15 is 0 Å². The molecule has 1 aromatic rings. The number of benzene rings is 1. The predicted octanol–water partition coefficient (Wildman–Crippen LogP) is 0.876. The summed E-state index contributed by atoms with van der Waals surface area (Å²) in [5.41, 5.74) is 1.26. The fraction of sp³-hybridized carbons (Fsp3) is 0.444. The number of rotatable bonds is 6. The lowest BCUT2D eigenvalue weighted by Gasteiger charge is -2.17. The van der Waals surface area contributed by atoms with Crippen molar-refractivity contribution in [3.05, 3.63) is 35.9 Å². The van der Waals surface area contributed by atoms with Gasteiger partial charge in [0.25, 0.3) is 0 Å². The largest absolute Gasteiger partial charge is 0.356 e. The first-order valence-corrected chi connectivity index (χ1v) is 7.92. The molecule has 1 saturated heterocycles. The van der Waals surface area contributed by atoms with Crippen molar-refractivity contribution in [3.8, 4) is 12.3 Å². The minimum atomic E-state index is 0.235. The second-order valence-electron chi connectivity index (χ2n) is 5.66. The second kappa shape index (κ2) is 8.84. The van der Waals surface area contributed by atoms with E-state index in [0.29, 0.717) is 24.8 Å². The number of carbonyl (C=O) groups is 1. The molecule has 1 aliphatic rings. The highest BCUT2D eigenvalue weighted by molar-refractivity contribution is 5.81. The first-order valence-electron chi connectivity index (χ1n) is 7.92. The number of carbonyl (C=O) groups excluding carboxylic acids is 1. The molecule has 1 heterocycles. The summed E-state index contributed by atoms with van der Waals surface area (Å²) in [7, 11) is 1.71. The fourth-order valence-electron chi connectivity index (χ4n) is 2.71. The summed E-state index contributed by atoms with van der Waals surface area (Å²) in [5, 5.41) is 6.24. The van der Waals surface area contributed by atoms with E-state index in [1.165, 1.54) is 5.56 Å². The van der Waals surface area contributed by atoms with Crippen LogP contribution in [-0.4, -0.2) is 50.0 Å². The number of guanidine groups is 1. The number of hydrogen-bond acceptors (Lipinski definition) is 2. The molecule has 5 nitrogen and oxygen atoms in total. The smallest absolute Gasteiger partial charge is 0.223 e. The molecule has 5 heteroatoms. The van der Waals surface area contributed by atoms with Crippen molar-refractivity contribution in [2.45, 2.75) is 12.8 Å². The summed E-state index contributed by atoms with van der Waals surface area (Å²) in [6, 6.07) is 10.3. The summed E-state index contributed by atoms with van der Waals surface area (Å²) < 4.78 is 0. The highest BCUT2D eigenvalue weighted by atomic mass is 16.2. The SMILES string of the molecule is C#CCNC(=NC)NCC1CC(=O)N(CCc2ccccc2)C1. The van der Waals surface area contributed by atoms with Gasteiger partial charge >= 0.3 is 0 Å². The molecule has 1 atom stereocenters. The van der Waals surface area contributed by atoms with Crippen LogP contribution in [0.1, 0.15) is 12.0 Å². The Morgan fingerprint density at radius 2 is 2.17 bits per heavy atom. The van der Waals surface area contributed by atoms with Gasteiger partial charge < -0.3 is 15.5 Å². The first kappa shape index (κ1) is 16.9. The molecule has 0 bridgehead atoms. The Balaban J connectivity index is 1.75. The fourth-order valence-corrected chi connectivity index (χ4v) is 2.71. The molecule has 122 valence electrons. The van der Waals surface area contributed by atoms with E-state index in [1.807, 2.05) is 23.1 Å². The highest BCUT2D eigenvalue weighted by Gasteiger charge is 2.29.